The standard InChI is InChI=1S/C12H20N4O3/c1-8(2)14-11(17)7-15(3)6-10-9(12(18)19)5-13-16(10)4/h5,8H,6-7H2,1-4H3,(H,14,17)(H,18,19). The Morgan fingerprint density at radius 2 is 2.16 bits per heavy atom. The first-order chi connectivity index (χ1) is 8.81. The first kappa shape index (κ1) is 15.2. The zero-order valence-electron chi connectivity index (χ0n) is 11.7. The van der Waals surface area contributed by atoms with Gasteiger partial charge in [-0.15, -0.1) is 0 Å². The van der Waals surface area contributed by atoms with Crippen molar-refractivity contribution in [3.8, 4) is 0 Å². The molecule has 7 heteroatoms. The van der Waals surface area contributed by atoms with Crippen LogP contribution in [0.4, 0.5) is 0 Å². The van der Waals surface area contributed by atoms with E-state index in [1.54, 1.807) is 19.0 Å². The zero-order valence-corrected chi connectivity index (χ0v) is 11.7. The maximum Gasteiger partial charge on any atom is 0.339 e. The van der Waals surface area contributed by atoms with Crippen LogP contribution in [0.1, 0.15) is 29.9 Å². The van der Waals surface area contributed by atoms with E-state index in [2.05, 4.69) is 10.4 Å². The van der Waals surface area contributed by atoms with E-state index >= 15 is 0 Å². The maximum atomic E-state index is 11.6. The van der Waals surface area contributed by atoms with Crippen molar-refractivity contribution in [2.24, 2.45) is 7.05 Å². The van der Waals surface area contributed by atoms with E-state index in [4.69, 9.17) is 5.11 Å². The SMILES string of the molecule is CC(C)NC(=O)CN(C)Cc1c(C(=O)O)cnn1C. The highest BCUT2D eigenvalue weighted by Gasteiger charge is 2.17. The van der Waals surface area contributed by atoms with Crippen molar-refractivity contribution < 1.29 is 14.7 Å². The number of carbonyl (C=O) groups excluding carboxylic acids is 1. The molecule has 0 aromatic carbocycles. The van der Waals surface area contributed by atoms with E-state index in [1.165, 1.54) is 10.9 Å². The van der Waals surface area contributed by atoms with Crippen molar-refractivity contribution in [3.05, 3.63) is 17.5 Å². The second kappa shape index (κ2) is 6.33. The van der Waals surface area contributed by atoms with Gasteiger partial charge < -0.3 is 10.4 Å². The highest BCUT2D eigenvalue weighted by atomic mass is 16.4. The molecule has 1 amide bonds. The summed E-state index contributed by atoms with van der Waals surface area (Å²) in [5.41, 5.74) is 0.742. The van der Waals surface area contributed by atoms with E-state index in [0.29, 0.717) is 12.2 Å². The summed E-state index contributed by atoms with van der Waals surface area (Å²) in [6.07, 6.45) is 1.32. The summed E-state index contributed by atoms with van der Waals surface area (Å²) in [6, 6.07) is 0.0900. The Balaban J connectivity index is 2.67. The molecule has 0 aliphatic carbocycles. The van der Waals surface area contributed by atoms with Crippen LogP contribution in [0, 0.1) is 0 Å². The molecule has 0 aliphatic heterocycles. The number of aromatic nitrogens is 2. The molecule has 2 N–H and O–H groups in total. The molecule has 0 atom stereocenters. The molecule has 0 saturated carbocycles. The van der Waals surface area contributed by atoms with Crippen LogP contribution in [0.15, 0.2) is 6.20 Å². The third kappa shape index (κ3) is 4.36. The summed E-state index contributed by atoms with van der Waals surface area (Å²) in [5.74, 6) is -1.10. The van der Waals surface area contributed by atoms with E-state index in [9.17, 15) is 9.59 Å². The predicted octanol–water partition coefficient (Wildman–Crippen LogP) is 0.0747. The number of hydrogen-bond donors (Lipinski definition) is 2. The van der Waals surface area contributed by atoms with Crippen molar-refractivity contribution in [3.63, 3.8) is 0 Å². The van der Waals surface area contributed by atoms with Crippen LogP contribution in [-0.2, 0) is 18.4 Å². The Labute approximate surface area is 112 Å². The molecular formula is C12H20N4O3. The molecule has 0 radical (unpaired) electrons. The smallest absolute Gasteiger partial charge is 0.339 e. The number of amides is 1. The van der Waals surface area contributed by atoms with Gasteiger partial charge in [-0.2, -0.15) is 5.10 Å². The van der Waals surface area contributed by atoms with Crippen LogP contribution in [0.2, 0.25) is 0 Å². The highest BCUT2D eigenvalue weighted by Crippen LogP contribution is 2.09. The van der Waals surface area contributed by atoms with E-state index < -0.39 is 5.97 Å². The Hall–Kier alpha value is -1.89. The number of rotatable bonds is 6. The fourth-order valence-corrected chi connectivity index (χ4v) is 1.75. The van der Waals surface area contributed by atoms with Crippen molar-refractivity contribution in [1.82, 2.24) is 20.0 Å². The van der Waals surface area contributed by atoms with Crippen LogP contribution in [-0.4, -0.2) is 51.3 Å². The Bertz CT molecular complexity index is 468. The van der Waals surface area contributed by atoms with Gasteiger partial charge in [0.25, 0.3) is 0 Å². The van der Waals surface area contributed by atoms with Gasteiger partial charge in [0.15, 0.2) is 0 Å². The van der Waals surface area contributed by atoms with Gasteiger partial charge in [0.1, 0.15) is 5.56 Å². The number of likely N-dealkylation sites (N-methyl/N-ethyl adjacent to an activating group) is 1. The van der Waals surface area contributed by atoms with E-state index in [1.807, 2.05) is 13.8 Å². The van der Waals surface area contributed by atoms with Gasteiger partial charge in [0, 0.05) is 19.6 Å². The maximum absolute atomic E-state index is 11.6. The van der Waals surface area contributed by atoms with Crippen LogP contribution in [0.5, 0.6) is 0 Å². The molecule has 0 fully saturated rings. The lowest BCUT2D eigenvalue weighted by molar-refractivity contribution is -0.122. The van der Waals surface area contributed by atoms with Crippen LogP contribution >= 0.6 is 0 Å². The minimum atomic E-state index is -1.01. The Kier molecular flexibility index (Phi) is 5.05. The molecule has 1 aromatic rings. The molecule has 0 aliphatic rings. The molecule has 106 valence electrons. The van der Waals surface area contributed by atoms with Gasteiger partial charge in [-0.25, -0.2) is 4.79 Å². The monoisotopic (exact) mass is 268 g/mol. The molecule has 19 heavy (non-hydrogen) atoms. The normalized spacial score (nSPS) is 11.1. The topological polar surface area (TPSA) is 87.5 Å². The first-order valence-electron chi connectivity index (χ1n) is 6.03. The van der Waals surface area contributed by atoms with E-state index in [0.717, 1.165) is 0 Å². The van der Waals surface area contributed by atoms with Gasteiger partial charge in [-0.1, -0.05) is 0 Å². The van der Waals surface area contributed by atoms with Crippen LogP contribution < -0.4 is 5.32 Å². The number of hydrogen-bond acceptors (Lipinski definition) is 4. The fraction of sp³-hybridized carbons (Fsp3) is 0.583. The van der Waals surface area contributed by atoms with Gasteiger partial charge in [0.05, 0.1) is 18.4 Å². The third-order valence-electron chi connectivity index (χ3n) is 2.57. The molecular weight excluding hydrogens is 248 g/mol. The molecule has 0 saturated heterocycles. The molecule has 1 aromatic heterocycles. The minimum absolute atomic E-state index is 0.0865. The lowest BCUT2D eigenvalue weighted by Gasteiger charge is -2.18. The zero-order chi connectivity index (χ0) is 14.6. The number of nitrogens with zero attached hydrogens (tertiary/aromatic N) is 3. The summed E-state index contributed by atoms with van der Waals surface area (Å²) in [7, 11) is 3.45. The average molecular weight is 268 g/mol. The Morgan fingerprint density at radius 1 is 1.53 bits per heavy atom. The van der Waals surface area contributed by atoms with Gasteiger partial charge >= 0.3 is 5.97 Å². The third-order valence-corrected chi connectivity index (χ3v) is 2.57. The number of carboxylic acid groups (broad SMARTS) is 1. The van der Waals surface area contributed by atoms with Crippen molar-refractivity contribution in [1.29, 1.82) is 0 Å². The second-order valence-corrected chi connectivity index (χ2v) is 4.83. The minimum Gasteiger partial charge on any atom is -0.478 e. The fourth-order valence-electron chi connectivity index (χ4n) is 1.75. The van der Waals surface area contributed by atoms with Gasteiger partial charge in [0.2, 0.25) is 5.91 Å². The van der Waals surface area contributed by atoms with E-state index in [-0.39, 0.29) is 24.1 Å². The largest absolute Gasteiger partial charge is 0.478 e. The predicted molar refractivity (Wildman–Crippen MR) is 69.8 cm³/mol. The van der Waals surface area contributed by atoms with Crippen LogP contribution in [0.3, 0.4) is 0 Å². The summed E-state index contributed by atoms with van der Waals surface area (Å²) >= 11 is 0. The van der Waals surface area contributed by atoms with Crippen molar-refractivity contribution in [2.75, 3.05) is 13.6 Å². The summed E-state index contributed by atoms with van der Waals surface area (Å²) in [5, 5.41) is 15.8. The molecule has 0 unspecified atom stereocenters. The molecule has 7 nitrogen and oxygen atoms in total. The number of aryl methyl sites for hydroxylation is 1. The van der Waals surface area contributed by atoms with Gasteiger partial charge in [-0.05, 0) is 20.9 Å². The number of carbonyl (C=O) groups is 2. The summed E-state index contributed by atoms with van der Waals surface area (Å²) in [4.78, 5) is 24.4. The van der Waals surface area contributed by atoms with Crippen LogP contribution in [0.25, 0.3) is 0 Å². The molecule has 1 heterocycles. The average Bonchev–Trinajstić information content (AvgIpc) is 2.58. The number of carboxylic acids is 1. The highest BCUT2D eigenvalue weighted by molar-refractivity contribution is 5.88. The quantitative estimate of drug-likeness (QED) is 0.762. The van der Waals surface area contributed by atoms with Gasteiger partial charge in [-0.3, -0.25) is 14.4 Å². The second-order valence-electron chi connectivity index (χ2n) is 4.83. The lowest BCUT2D eigenvalue weighted by atomic mass is 10.2. The first-order valence-corrected chi connectivity index (χ1v) is 6.03. The molecule has 0 spiro atoms. The molecule has 1 rings (SSSR count). The lowest BCUT2D eigenvalue weighted by Crippen LogP contribution is -2.38. The van der Waals surface area contributed by atoms with Crippen molar-refractivity contribution >= 4 is 11.9 Å². The summed E-state index contributed by atoms with van der Waals surface area (Å²) < 4.78 is 1.51. The van der Waals surface area contributed by atoms with Crippen molar-refractivity contribution in [2.45, 2.75) is 26.4 Å². The Morgan fingerprint density at radius 3 is 2.68 bits per heavy atom. The number of aromatic carboxylic acids is 1. The number of nitrogens with one attached hydrogen (secondary N) is 1. The summed E-state index contributed by atoms with van der Waals surface area (Å²) in [6.45, 7) is 4.34. The molecule has 0 bridgehead atoms.